The van der Waals surface area contributed by atoms with Crippen molar-refractivity contribution >= 4 is 62.3 Å². The van der Waals surface area contributed by atoms with Crippen molar-refractivity contribution < 1.29 is 22.7 Å². The predicted molar refractivity (Wildman–Crippen MR) is 163 cm³/mol. The molecule has 0 saturated heterocycles. The lowest BCUT2D eigenvalue weighted by Gasteiger charge is -2.32. The summed E-state index contributed by atoms with van der Waals surface area (Å²) in [5.41, 5.74) is 0.595. The molecule has 0 spiro atoms. The van der Waals surface area contributed by atoms with E-state index in [0.29, 0.717) is 33.6 Å². The molecule has 0 bridgehead atoms. The predicted octanol–water partition coefficient (Wildman–Crippen LogP) is 6.18. The molecule has 3 aromatic rings. The van der Waals surface area contributed by atoms with Crippen molar-refractivity contribution in [1.29, 1.82) is 0 Å². The lowest BCUT2D eigenvalue weighted by molar-refractivity contribution is -0.139. The van der Waals surface area contributed by atoms with Gasteiger partial charge in [-0.05, 0) is 68.8 Å². The van der Waals surface area contributed by atoms with Gasteiger partial charge in [0.15, 0.2) is 0 Å². The molecule has 12 heteroatoms. The summed E-state index contributed by atoms with van der Waals surface area (Å²) in [5.74, 6) is -0.774. The summed E-state index contributed by atoms with van der Waals surface area (Å²) >= 11 is 18.8. The first-order valence-corrected chi connectivity index (χ1v) is 15.6. The zero-order valence-electron chi connectivity index (χ0n) is 22.9. The SMILES string of the molecule is CCCNC(=O)[C@@H](C)N(Cc1c(Cl)cccc1Cl)C(=O)CN(c1ccccc1OCC)S(=O)(=O)c1ccc(Cl)cc1. The molecule has 0 aliphatic heterocycles. The number of rotatable bonds is 13. The molecule has 0 aliphatic rings. The van der Waals surface area contributed by atoms with Crippen LogP contribution in [0, 0.1) is 0 Å². The van der Waals surface area contributed by atoms with Gasteiger partial charge in [-0.3, -0.25) is 13.9 Å². The zero-order chi connectivity index (χ0) is 30.2. The van der Waals surface area contributed by atoms with E-state index in [2.05, 4.69) is 5.32 Å². The van der Waals surface area contributed by atoms with Gasteiger partial charge in [-0.25, -0.2) is 8.42 Å². The van der Waals surface area contributed by atoms with Crippen LogP contribution in [0.5, 0.6) is 5.75 Å². The van der Waals surface area contributed by atoms with Crippen LogP contribution in [0.2, 0.25) is 15.1 Å². The summed E-state index contributed by atoms with van der Waals surface area (Å²) in [6, 6.07) is 16.1. The van der Waals surface area contributed by atoms with Crippen molar-refractivity contribution in [2.24, 2.45) is 0 Å². The molecule has 41 heavy (non-hydrogen) atoms. The molecule has 0 unspecified atom stereocenters. The molecule has 0 fully saturated rings. The van der Waals surface area contributed by atoms with Gasteiger partial charge in [0, 0.05) is 33.7 Å². The number of nitrogens with one attached hydrogen (secondary N) is 1. The van der Waals surface area contributed by atoms with Crippen molar-refractivity contribution in [3.8, 4) is 5.75 Å². The second-order valence-corrected chi connectivity index (χ2v) is 12.2. The minimum atomic E-state index is -4.30. The maximum atomic E-state index is 14.1. The summed E-state index contributed by atoms with van der Waals surface area (Å²) < 4.78 is 34.7. The van der Waals surface area contributed by atoms with Crippen molar-refractivity contribution in [2.75, 3.05) is 24.0 Å². The molecule has 2 amide bonds. The number of halogens is 3. The number of hydrogen-bond donors (Lipinski definition) is 1. The molecule has 0 saturated carbocycles. The molecule has 8 nitrogen and oxygen atoms in total. The Bertz CT molecular complexity index is 1450. The molecule has 220 valence electrons. The Balaban J connectivity index is 2.11. The van der Waals surface area contributed by atoms with Crippen LogP contribution < -0.4 is 14.4 Å². The van der Waals surface area contributed by atoms with Crippen LogP contribution in [-0.2, 0) is 26.2 Å². The molecular weight excluding hydrogens is 609 g/mol. The fourth-order valence-electron chi connectivity index (χ4n) is 4.02. The summed E-state index contributed by atoms with van der Waals surface area (Å²) in [5, 5.41) is 3.77. The average molecular weight is 641 g/mol. The second-order valence-electron chi connectivity index (χ2n) is 9.06. The summed E-state index contributed by atoms with van der Waals surface area (Å²) in [7, 11) is -4.30. The monoisotopic (exact) mass is 639 g/mol. The van der Waals surface area contributed by atoms with E-state index in [1.807, 2.05) is 6.92 Å². The Morgan fingerprint density at radius 1 is 0.927 bits per heavy atom. The first-order valence-electron chi connectivity index (χ1n) is 13.0. The highest BCUT2D eigenvalue weighted by Gasteiger charge is 2.34. The Labute approximate surface area is 256 Å². The maximum Gasteiger partial charge on any atom is 0.264 e. The number of ether oxygens (including phenoxy) is 1. The zero-order valence-corrected chi connectivity index (χ0v) is 26.0. The van der Waals surface area contributed by atoms with E-state index in [1.54, 1.807) is 56.3 Å². The van der Waals surface area contributed by atoms with Crippen molar-refractivity contribution in [3.63, 3.8) is 0 Å². The van der Waals surface area contributed by atoms with Crippen LogP contribution >= 0.6 is 34.8 Å². The quantitative estimate of drug-likeness (QED) is 0.241. The van der Waals surface area contributed by atoms with Gasteiger partial charge in [-0.1, -0.05) is 59.9 Å². The van der Waals surface area contributed by atoms with Crippen molar-refractivity contribution in [2.45, 2.75) is 44.7 Å². The Morgan fingerprint density at radius 3 is 2.17 bits per heavy atom. The fourth-order valence-corrected chi connectivity index (χ4v) is 6.09. The number of para-hydroxylation sites is 2. The highest BCUT2D eigenvalue weighted by molar-refractivity contribution is 7.92. The second kappa shape index (κ2) is 14.8. The van der Waals surface area contributed by atoms with E-state index in [9.17, 15) is 18.0 Å². The molecule has 1 N–H and O–H groups in total. The van der Waals surface area contributed by atoms with Crippen LogP contribution in [0.4, 0.5) is 5.69 Å². The highest BCUT2D eigenvalue weighted by atomic mass is 35.5. The Morgan fingerprint density at radius 2 is 1.56 bits per heavy atom. The topological polar surface area (TPSA) is 96.0 Å². The first kappa shape index (κ1) is 32.5. The fraction of sp³-hybridized carbons (Fsp3) is 0.310. The third-order valence-electron chi connectivity index (χ3n) is 6.22. The summed E-state index contributed by atoms with van der Waals surface area (Å²) in [4.78, 5) is 28.3. The van der Waals surface area contributed by atoms with E-state index < -0.39 is 34.4 Å². The van der Waals surface area contributed by atoms with Gasteiger partial charge in [0.2, 0.25) is 11.8 Å². The van der Waals surface area contributed by atoms with E-state index >= 15 is 0 Å². The van der Waals surface area contributed by atoms with Gasteiger partial charge in [-0.15, -0.1) is 0 Å². The molecule has 1 atom stereocenters. The smallest absolute Gasteiger partial charge is 0.264 e. The summed E-state index contributed by atoms with van der Waals surface area (Å²) in [6.07, 6.45) is 0.698. The van der Waals surface area contributed by atoms with Crippen molar-refractivity contribution in [1.82, 2.24) is 10.2 Å². The molecular formula is C29H32Cl3N3O5S. The van der Waals surface area contributed by atoms with Gasteiger partial charge in [-0.2, -0.15) is 0 Å². The lowest BCUT2D eigenvalue weighted by atomic mass is 10.1. The van der Waals surface area contributed by atoms with E-state index in [-0.39, 0.29) is 29.5 Å². The number of hydrogen-bond acceptors (Lipinski definition) is 5. The number of benzene rings is 3. The minimum Gasteiger partial charge on any atom is -0.492 e. The number of anilines is 1. The van der Waals surface area contributed by atoms with Gasteiger partial charge < -0.3 is 15.0 Å². The third kappa shape index (κ3) is 8.07. The van der Waals surface area contributed by atoms with Gasteiger partial charge >= 0.3 is 0 Å². The number of amides is 2. The van der Waals surface area contributed by atoms with Crippen molar-refractivity contribution in [3.05, 3.63) is 87.4 Å². The third-order valence-corrected chi connectivity index (χ3v) is 8.96. The normalized spacial score (nSPS) is 12.0. The van der Waals surface area contributed by atoms with E-state index in [1.165, 1.54) is 29.2 Å². The van der Waals surface area contributed by atoms with Gasteiger partial charge in [0.05, 0.1) is 17.2 Å². The van der Waals surface area contributed by atoms with Gasteiger partial charge in [0.25, 0.3) is 10.0 Å². The number of sulfonamides is 1. The van der Waals surface area contributed by atoms with Crippen LogP contribution in [0.15, 0.2) is 71.6 Å². The van der Waals surface area contributed by atoms with Crippen LogP contribution in [-0.4, -0.2) is 50.9 Å². The number of nitrogens with zero attached hydrogens (tertiary/aromatic N) is 2. The van der Waals surface area contributed by atoms with Crippen LogP contribution in [0.3, 0.4) is 0 Å². The highest BCUT2D eigenvalue weighted by Crippen LogP contribution is 2.33. The maximum absolute atomic E-state index is 14.1. The number of carbonyl (C=O) groups excluding carboxylic acids is 2. The van der Waals surface area contributed by atoms with Gasteiger partial charge in [0.1, 0.15) is 18.3 Å². The molecule has 3 rings (SSSR count). The number of carbonyl (C=O) groups is 2. The summed E-state index contributed by atoms with van der Waals surface area (Å²) in [6.45, 7) is 5.17. The molecule has 3 aromatic carbocycles. The molecule has 0 aliphatic carbocycles. The lowest BCUT2D eigenvalue weighted by Crippen LogP contribution is -2.51. The Kier molecular flexibility index (Phi) is 11.7. The van der Waals surface area contributed by atoms with E-state index in [4.69, 9.17) is 39.5 Å². The van der Waals surface area contributed by atoms with Crippen LogP contribution in [0.1, 0.15) is 32.8 Å². The standard InChI is InChI=1S/C29H32Cl3N3O5S/c1-4-17-33-29(37)20(3)34(18-23-24(31)9-8-10-25(23)32)28(36)19-35(26-11-6-7-12-27(26)40-5-2)41(38,39)22-15-13-21(30)14-16-22/h6-16,20H,4-5,17-19H2,1-3H3,(H,33,37)/t20-/m1/s1. The first-order chi connectivity index (χ1) is 19.5. The molecule has 0 aromatic heterocycles. The van der Waals surface area contributed by atoms with E-state index in [0.717, 1.165) is 4.31 Å². The van der Waals surface area contributed by atoms with Crippen LogP contribution in [0.25, 0.3) is 0 Å². The largest absolute Gasteiger partial charge is 0.492 e. The molecule has 0 radical (unpaired) electrons. The Hall–Kier alpha value is -2.98. The average Bonchev–Trinajstić information content (AvgIpc) is 2.95. The molecule has 0 heterocycles. The minimum absolute atomic E-state index is 0.0737.